The summed E-state index contributed by atoms with van der Waals surface area (Å²) in [7, 11) is 0. The number of aromatic nitrogens is 1. The van der Waals surface area contributed by atoms with Crippen LogP contribution in [0.1, 0.15) is 48.7 Å². The number of ether oxygens (including phenoxy) is 1. The van der Waals surface area contributed by atoms with Crippen LogP contribution in [-0.2, 0) is 19.4 Å². The van der Waals surface area contributed by atoms with Crippen molar-refractivity contribution in [2.45, 2.75) is 45.8 Å². The van der Waals surface area contributed by atoms with Crippen LogP contribution in [0.4, 0.5) is 10.1 Å². The summed E-state index contributed by atoms with van der Waals surface area (Å²) in [4.78, 5) is 15.8. The second kappa shape index (κ2) is 12.8. The number of nitrogens with one attached hydrogen (secondary N) is 1. The zero-order chi connectivity index (χ0) is 26.9. The lowest BCUT2D eigenvalue weighted by Gasteiger charge is -2.27. The van der Waals surface area contributed by atoms with E-state index in [1.165, 1.54) is 29.5 Å². The van der Waals surface area contributed by atoms with Gasteiger partial charge in [-0.25, -0.2) is 4.39 Å². The van der Waals surface area contributed by atoms with Crippen molar-refractivity contribution in [3.05, 3.63) is 126 Å². The Balaban J connectivity index is 0.00000137. The van der Waals surface area contributed by atoms with Crippen LogP contribution < -0.4 is 10.1 Å². The molecule has 196 valence electrons. The Morgan fingerprint density at radius 1 is 1.03 bits per heavy atom. The number of carbonyl (C=O) groups excluding carboxylic acids is 1. The second-order valence-corrected chi connectivity index (χ2v) is 9.05. The highest BCUT2D eigenvalue weighted by atomic mass is 19.1. The predicted octanol–water partition coefficient (Wildman–Crippen LogP) is 8.08. The molecule has 1 atom stereocenters. The fourth-order valence-electron chi connectivity index (χ4n) is 4.50. The maximum absolute atomic E-state index is 13.6. The van der Waals surface area contributed by atoms with E-state index in [4.69, 9.17) is 4.74 Å². The van der Waals surface area contributed by atoms with E-state index in [0.717, 1.165) is 41.6 Å². The lowest BCUT2D eigenvalue weighted by Crippen LogP contribution is -2.27. The number of carbonyl (C=O) groups is 1. The summed E-state index contributed by atoms with van der Waals surface area (Å²) in [5, 5.41) is 3.50. The topological polar surface area (TPSA) is 51.2 Å². The van der Waals surface area contributed by atoms with E-state index in [1.807, 2.05) is 32.0 Å². The third-order valence-corrected chi connectivity index (χ3v) is 6.51. The minimum Gasteiger partial charge on any atom is -0.487 e. The van der Waals surface area contributed by atoms with Gasteiger partial charge in [-0.05, 0) is 71.4 Å². The van der Waals surface area contributed by atoms with Crippen LogP contribution in [0.15, 0.2) is 97.8 Å². The number of aryl methyl sites for hydroxylation is 1. The van der Waals surface area contributed by atoms with E-state index < -0.39 is 0 Å². The fourth-order valence-corrected chi connectivity index (χ4v) is 4.50. The van der Waals surface area contributed by atoms with Crippen LogP contribution in [-0.4, -0.2) is 16.8 Å². The lowest BCUT2D eigenvalue weighted by molar-refractivity contribution is 0.104. The molecular weight excluding hydrogens is 475 g/mol. The van der Waals surface area contributed by atoms with Crippen molar-refractivity contribution >= 4 is 11.5 Å². The fraction of sp³-hybridized carbons (Fsp3) is 0.212. The van der Waals surface area contributed by atoms with Crippen molar-refractivity contribution in [2.75, 3.05) is 5.32 Å². The van der Waals surface area contributed by atoms with Crippen molar-refractivity contribution in [1.82, 2.24) is 4.98 Å². The first-order chi connectivity index (χ1) is 18.6. The normalized spacial score (nSPS) is 13.8. The smallest absolute Gasteiger partial charge is 0.186 e. The molecule has 0 bridgehead atoms. The zero-order valence-corrected chi connectivity index (χ0v) is 21.9. The number of pyridine rings is 1. The molecular formula is C33H35FN2O2. The Labute approximate surface area is 225 Å². The summed E-state index contributed by atoms with van der Waals surface area (Å²) >= 11 is 0. The molecule has 0 spiro atoms. The van der Waals surface area contributed by atoms with Gasteiger partial charge in [0.1, 0.15) is 18.2 Å². The summed E-state index contributed by atoms with van der Waals surface area (Å²) in [5.74, 6) is 0.164. The van der Waals surface area contributed by atoms with E-state index in [1.54, 1.807) is 18.3 Å². The molecule has 0 radical (unpaired) electrons. The Kier molecular flexibility index (Phi) is 9.04. The van der Waals surface area contributed by atoms with Crippen molar-refractivity contribution in [2.24, 2.45) is 0 Å². The molecule has 0 saturated heterocycles. The Bertz CT molecular complexity index is 1390. The van der Waals surface area contributed by atoms with Gasteiger partial charge in [0.15, 0.2) is 5.78 Å². The van der Waals surface area contributed by atoms with Crippen LogP contribution in [0.2, 0.25) is 0 Å². The van der Waals surface area contributed by atoms with E-state index in [9.17, 15) is 9.18 Å². The maximum atomic E-state index is 13.6. The van der Waals surface area contributed by atoms with Gasteiger partial charge in [0.2, 0.25) is 0 Å². The van der Waals surface area contributed by atoms with Crippen LogP contribution in [0.3, 0.4) is 0 Å². The SMILES string of the molecule is C=CC(=O)c1cncc(OCc2ccc(-c3ccc(CC4CCc5ccc(F)cc5N4)cc3)cc2)c1.CC.[HH]. The quantitative estimate of drug-likeness (QED) is 0.192. The van der Waals surface area contributed by atoms with Gasteiger partial charge < -0.3 is 10.1 Å². The number of halogens is 1. The molecule has 1 unspecified atom stereocenters. The van der Waals surface area contributed by atoms with Crippen molar-refractivity contribution in [3.8, 4) is 16.9 Å². The molecule has 5 rings (SSSR count). The number of rotatable bonds is 8. The van der Waals surface area contributed by atoms with E-state index in [0.29, 0.717) is 24.0 Å². The second-order valence-electron chi connectivity index (χ2n) is 9.05. The van der Waals surface area contributed by atoms with E-state index in [2.05, 4.69) is 53.3 Å². The van der Waals surface area contributed by atoms with Crippen molar-refractivity contribution in [3.63, 3.8) is 0 Å². The summed E-state index contributed by atoms with van der Waals surface area (Å²) in [6.45, 7) is 7.89. The number of allylic oxidation sites excluding steroid dienone is 1. The molecule has 0 aliphatic carbocycles. The molecule has 0 saturated carbocycles. The molecule has 5 heteroatoms. The number of fused-ring (bicyclic) bond motifs is 1. The number of hydrogen-bond donors (Lipinski definition) is 1. The highest BCUT2D eigenvalue weighted by molar-refractivity contribution is 6.04. The number of anilines is 1. The Morgan fingerprint density at radius 2 is 1.71 bits per heavy atom. The minimum atomic E-state index is -0.199. The highest BCUT2D eigenvalue weighted by Gasteiger charge is 2.18. The van der Waals surface area contributed by atoms with Crippen LogP contribution >= 0.6 is 0 Å². The third kappa shape index (κ3) is 6.74. The monoisotopic (exact) mass is 510 g/mol. The summed E-state index contributed by atoms with van der Waals surface area (Å²) in [6, 6.07) is 23.8. The van der Waals surface area contributed by atoms with Gasteiger partial charge in [0.05, 0.1) is 6.20 Å². The maximum Gasteiger partial charge on any atom is 0.186 e. The van der Waals surface area contributed by atoms with E-state index >= 15 is 0 Å². The first-order valence-electron chi connectivity index (χ1n) is 13.1. The molecule has 0 amide bonds. The largest absolute Gasteiger partial charge is 0.487 e. The van der Waals surface area contributed by atoms with Gasteiger partial charge in [-0.2, -0.15) is 0 Å². The minimum absolute atomic E-state index is 0. The third-order valence-electron chi connectivity index (χ3n) is 6.51. The first-order valence-corrected chi connectivity index (χ1v) is 13.1. The first kappa shape index (κ1) is 26.8. The molecule has 1 aromatic heterocycles. The molecule has 0 fully saturated rings. The van der Waals surface area contributed by atoms with Gasteiger partial charge >= 0.3 is 0 Å². The number of ketones is 1. The average molecular weight is 511 g/mol. The average Bonchev–Trinajstić information content (AvgIpc) is 2.97. The Morgan fingerprint density at radius 3 is 2.39 bits per heavy atom. The standard InChI is InChI=1S/C31H27FN2O2.C2H6.H2/c1-2-31(35)26-16-29(19-33-18-26)36-20-22-5-9-24(10-6-22)23-7-3-21(4-8-23)15-28-14-12-25-11-13-27(32)17-30(25)34-28;1-2;/h2-11,13,16-19,28,34H,1,12,14-15,20H2;1-2H3;1H. The summed E-state index contributed by atoms with van der Waals surface area (Å²) in [5.41, 5.74) is 7.12. The predicted molar refractivity (Wildman–Crippen MR) is 154 cm³/mol. The Hall–Kier alpha value is -4.25. The molecule has 4 aromatic rings. The summed E-state index contributed by atoms with van der Waals surface area (Å²) in [6.07, 6.45) is 7.27. The molecule has 4 nitrogen and oxygen atoms in total. The van der Waals surface area contributed by atoms with E-state index in [-0.39, 0.29) is 13.0 Å². The molecule has 1 N–H and O–H groups in total. The number of nitrogens with zero attached hydrogens (tertiary/aromatic N) is 1. The molecule has 1 aliphatic heterocycles. The summed E-state index contributed by atoms with van der Waals surface area (Å²) < 4.78 is 19.4. The van der Waals surface area contributed by atoms with Crippen LogP contribution in [0.25, 0.3) is 11.1 Å². The van der Waals surface area contributed by atoms with Gasteiger partial charge in [-0.15, -0.1) is 0 Å². The number of hydrogen-bond acceptors (Lipinski definition) is 4. The van der Waals surface area contributed by atoms with Crippen molar-refractivity contribution < 1.29 is 15.3 Å². The molecule has 1 aliphatic rings. The van der Waals surface area contributed by atoms with Gasteiger partial charge in [0.25, 0.3) is 0 Å². The molecule has 38 heavy (non-hydrogen) atoms. The molecule has 2 heterocycles. The van der Waals surface area contributed by atoms with Gasteiger partial charge in [0, 0.05) is 24.9 Å². The number of benzene rings is 3. The molecule has 3 aromatic carbocycles. The van der Waals surface area contributed by atoms with Gasteiger partial charge in [-0.3, -0.25) is 9.78 Å². The van der Waals surface area contributed by atoms with Crippen molar-refractivity contribution in [1.29, 1.82) is 0 Å². The lowest BCUT2D eigenvalue weighted by atomic mass is 9.93. The highest BCUT2D eigenvalue weighted by Crippen LogP contribution is 2.28. The van der Waals surface area contributed by atoms with Gasteiger partial charge in [-0.1, -0.05) is 75.0 Å². The zero-order valence-electron chi connectivity index (χ0n) is 21.9. The van der Waals surface area contributed by atoms with Crippen LogP contribution in [0.5, 0.6) is 5.75 Å². The van der Waals surface area contributed by atoms with Crippen LogP contribution in [0, 0.1) is 5.82 Å².